The lowest BCUT2D eigenvalue weighted by Crippen LogP contribution is -2.52. The number of nitrogens with zero attached hydrogens (tertiary/aromatic N) is 3. The van der Waals surface area contributed by atoms with Crippen LogP contribution < -0.4 is 14.5 Å². The van der Waals surface area contributed by atoms with Crippen molar-refractivity contribution < 1.29 is 23.9 Å². The molecule has 2 fully saturated rings. The first kappa shape index (κ1) is 23.8. The summed E-state index contributed by atoms with van der Waals surface area (Å²) in [5.41, 5.74) is 1.98. The van der Waals surface area contributed by atoms with Gasteiger partial charge in [-0.2, -0.15) is 0 Å². The minimum Gasteiger partial charge on any atom is -0.497 e. The van der Waals surface area contributed by atoms with Crippen molar-refractivity contribution in [3.8, 4) is 5.75 Å². The molecule has 2 aliphatic heterocycles. The van der Waals surface area contributed by atoms with Crippen LogP contribution in [0.25, 0.3) is 0 Å². The highest BCUT2D eigenvalue weighted by Crippen LogP contribution is 2.28. The number of esters is 1. The number of piperazine rings is 1. The summed E-state index contributed by atoms with van der Waals surface area (Å²) in [6.07, 6.45) is 1.93. The first-order chi connectivity index (χ1) is 16.5. The van der Waals surface area contributed by atoms with Crippen LogP contribution in [0.1, 0.15) is 36.5 Å². The van der Waals surface area contributed by atoms with Crippen LogP contribution in [0.3, 0.4) is 0 Å². The molecule has 2 saturated heterocycles. The number of rotatable bonds is 8. The van der Waals surface area contributed by atoms with E-state index in [4.69, 9.17) is 9.47 Å². The maximum absolute atomic E-state index is 13.2. The Labute approximate surface area is 200 Å². The van der Waals surface area contributed by atoms with Crippen LogP contribution in [-0.4, -0.2) is 68.6 Å². The van der Waals surface area contributed by atoms with Crippen LogP contribution in [0.5, 0.6) is 5.75 Å². The van der Waals surface area contributed by atoms with Gasteiger partial charge in [0.05, 0.1) is 37.4 Å². The van der Waals surface area contributed by atoms with Crippen LogP contribution in [0.2, 0.25) is 0 Å². The zero-order valence-corrected chi connectivity index (χ0v) is 19.7. The fraction of sp³-hybridized carbons (Fsp3) is 0.423. The number of imide groups is 1. The van der Waals surface area contributed by atoms with Gasteiger partial charge in [0.25, 0.3) is 5.91 Å². The van der Waals surface area contributed by atoms with Gasteiger partial charge in [-0.25, -0.2) is 9.69 Å². The summed E-state index contributed by atoms with van der Waals surface area (Å²) in [7, 11) is 1.65. The smallest absolute Gasteiger partial charge is 0.338 e. The van der Waals surface area contributed by atoms with Crippen molar-refractivity contribution >= 4 is 29.2 Å². The van der Waals surface area contributed by atoms with Gasteiger partial charge in [-0.15, -0.1) is 0 Å². The molecule has 2 aromatic rings. The zero-order chi connectivity index (χ0) is 24.1. The van der Waals surface area contributed by atoms with E-state index in [1.807, 2.05) is 31.2 Å². The number of hydrogen-bond donors (Lipinski definition) is 0. The number of unbranched alkanes of at least 4 members (excludes halogenated alkanes) is 1. The number of benzene rings is 2. The zero-order valence-electron chi connectivity index (χ0n) is 19.7. The number of methoxy groups -OCH3 is 1. The third-order valence-corrected chi connectivity index (χ3v) is 6.39. The van der Waals surface area contributed by atoms with Crippen molar-refractivity contribution in [3.63, 3.8) is 0 Å². The number of carbonyl (C=O) groups is 3. The third-order valence-electron chi connectivity index (χ3n) is 6.39. The lowest BCUT2D eigenvalue weighted by atomic mass is 10.1. The SMILES string of the molecule is CCCCOC(=O)c1ccc(N2C(=O)C[C@H](N3CCN(c4cccc(OC)c4)CC3)C2=O)cc1. The molecule has 2 aromatic carbocycles. The molecule has 2 amide bonds. The summed E-state index contributed by atoms with van der Waals surface area (Å²) in [6, 6.07) is 13.9. The van der Waals surface area contributed by atoms with Crippen molar-refractivity contribution in [3.05, 3.63) is 54.1 Å². The Morgan fingerprint density at radius 3 is 2.41 bits per heavy atom. The maximum atomic E-state index is 13.2. The first-order valence-corrected chi connectivity index (χ1v) is 11.8. The summed E-state index contributed by atoms with van der Waals surface area (Å²) in [4.78, 5) is 43.6. The minimum absolute atomic E-state index is 0.165. The fourth-order valence-corrected chi connectivity index (χ4v) is 4.41. The van der Waals surface area contributed by atoms with Crippen LogP contribution in [-0.2, 0) is 14.3 Å². The lowest BCUT2D eigenvalue weighted by molar-refractivity contribution is -0.123. The Hall–Kier alpha value is -3.39. The molecule has 4 rings (SSSR count). The third kappa shape index (κ3) is 5.07. The van der Waals surface area contributed by atoms with Crippen molar-refractivity contribution in [2.45, 2.75) is 32.2 Å². The number of ether oxygens (including phenoxy) is 2. The normalized spacial score (nSPS) is 18.9. The fourth-order valence-electron chi connectivity index (χ4n) is 4.41. The Bertz CT molecular complexity index is 1030. The molecule has 0 N–H and O–H groups in total. The van der Waals surface area contributed by atoms with Crippen molar-refractivity contribution in [2.24, 2.45) is 0 Å². The molecule has 0 unspecified atom stereocenters. The molecule has 0 saturated carbocycles. The molecule has 0 bridgehead atoms. The van der Waals surface area contributed by atoms with E-state index < -0.39 is 12.0 Å². The Morgan fingerprint density at radius 2 is 1.74 bits per heavy atom. The number of carbonyl (C=O) groups excluding carboxylic acids is 3. The molecule has 1 atom stereocenters. The van der Waals surface area contributed by atoms with Crippen molar-refractivity contribution in [2.75, 3.05) is 49.7 Å². The Morgan fingerprint density at radius 1 is 1.00 bits per heavy atom. The quantitative estimate of drug-likeness (QED) is 0.337. The summed E-state index contributed by atoms with van der Waals surface area (Å²) in [5.74, 6) is -0.0140. The molecular weight excluding hydrogens is 434 g/mol. The van der Waals surface area contributed by atoms with Gasteiger partial charge in [-0.1, -0.05) is 19.4 Å². The second-order valence-electron chi connectivity index (χ2n) is 8.55. The van der Waals surface area contributed by atoms with Gasteiger partial charge in [0, 0.05) is 37.9 Å². The highest BCUT2D eigenvalue weighted by atomic mass is 16.5. The van der Waals surface area contributed by atoms with Crippen LogP contribution in [0.15, 0.2) is 48.5 Å². The van der Waals surface area contributed by atoms with Gasteiger partial charge in [0.2, 0.25) is 5.91 Å². The monoisotopic (exact) mass is 465 g/mol. The number of hydrogen-bond acceptors (Lipinski definition) is 7. The maximum Gasteiger partial charge on any atom is 0.338 e. The van der Waals surface area contributed by atoms with Crippen LogP contribution in [0, 0.1) is 0 Å². The lowest BCUT2D eigenvalue weighted by Gasteiger charge is -2.38. The van der Waals surface area contributed by atoms with E-state index >= 15 is 0 Å². The molecule has 8 heteroatoms. The van der Waals surface area contributed by atoms with E-state index in [9.17, 15) is 14.4 Å². The Kier molecular flexibility index (Phi) is 7.47. The molecule has 2 aliphatic rings. The predicted octanol–water partition coefficient (Wildman–Crippen LogP) is 3.11. The topological polar surface area (TPSA) is 79.4 Å². The standard InChI is InChI=1S/C26H31N3O5/c1-3-4-16-34-26(32)19-8-10-20(11-9-19)29-24(30)18-23(25(29)31)28-14-12-27(13-15-28)21-6-5-7-22(17-21)33-2/h5-11,17,23H,3-4,12-16,18H2,1-2H3/t23-/m0/s1. The average Bonchev–Trinajstić information content (AvgIpc) is 3.18. The Balaban J connectivity index is 1.37. The van der Waals surface area contributed by atoms with E-state index in [-0.39, 0.29) is 18.2 Å². The predicted molar refractivity (Wildman–Crippen MR) is 129 cm³/mol. The van der Waals surface area contributed by atoms with Gasteiger partial charge in [-0.05, 0) is 42.8 Å². The molecule has 0 aromatic heterocycles. The number of anilines is 2. The molecule has 34 heavy (non-hydrogen) atoms. The average molecular weight is 466 g/mol. The van der Waals surface area contributed by atoms with Crippen molar-refractivity contribution in [1.82, 2.24) is 4.90 Å². The van der Waals surface area contributed by atoms with E-state index in [0.717, 1.165) is 37.4 Å². The highest BCUT2D eigenvalue weighted by molar-refractivity contribution is 6.22. The summed E-state index contributed by atoms with van der Waals surface area (Å²) in [6.45, 7) is 5.32. The second-order valence-corrected chi connectivity index (χ2v) is 8.55. The molecular formula is C26H31N3O5. The van der Waals surface area contributed by atoms with Crippen LogP contribution in [0.4, 0.5) is 11.4 Å². The van der Waals surface area contributed by atoms with Crippen molar-refractivity contribution in [1.29, 1.82) is 0 Å². The summed E-state index contributed by atoms with van der Waals surface area (Å²) < 4.78 is 10.5. The van der Waals surface area contributed by atoms with E-state index in [1.54, 1.807) is 31.4 Å². The van der Waals surface area contributed by atoms with Gasteiger partial charge < -0.3 is 14.4 Å². The molecule has 0 aliphatic carbocycles. The first-order valence-electron chi connectivity index (χ1n) is 11.8. The number of amides is 2. The van der Waals surface area contributed by atoms with Gasteiger partial charge in [-0.3, -0.25) is 14.5 Å². The van der Waals surface area contributed by atoms with Gasteiger partial charge in [0.15, 0.2) is 0 Å². The minimum atomic E-state index is -0.460. The van der Waals surface area contributed by atoms with Gasteiger partial charge >= 0.3 is 5.97 Å². The van der Waals surface area contributed by atoms with E-state index in [1.165, 1.54) is 4.90 Å². The molecule has 0 spiro atoms. The molecule has 0 radical (unpaired) electrons. The summed E-state index contributed by atoms with van der Waals surface area (Å²) in [5, 5.41) is 0. The van der Waals surface area contributed by atoms with Crippen LogP contribution >= 0.6 is 0 Å². The second kappa shape index (κ2) is 10.7. The largest absolute Gasteiger partial charge is 0.497 e. The molecule has 2 heterocycles. The highest BCUT2D eigenvalue weighted by Gasteiger charge is 2.43. The van der Waals surface area contributed by atoms with E-state index in [2.05, 4.69) is 9.80 Å². The van der Waals surface area contributed by atoms with Gasteiger partial charge in [0.1, 0.15) is 5.75 Å². The van der Waals surface area contributed by atoms with E-state index in [0.29, 0.717) is 30.9 Å². The summed E-state index contributed by atoms with van der Waals surface area (Å²) >= 11 is 0. The molecule has 180 valence electrons. The molecule has 8 nitrogen and oxygen atoms in total.